The van der Waals surface area contributed by atoms with E-state index in [-0.39, 0.29) is 33.2 Å². The van der Waals surface area contributed by atoms with Gasteiger partial charge in [0.2, 0.25) is 0 Å². The van der Waals surface area contributed by atoms with Crippen molar-refractivity contribution in [2.24, 2.45) is 0 Å². The minimum absolute atomic E-state index is 0.0118. The number of nitrogens with zero attached hydrogens (tertiary/aromatic N) is 1. The summed E-state index contributed by atoms with van der Waals surface area (Å²) in [5.74, 6) is 0.0360. The number of rotatable bonds is 6. The van der Waals surface area contributed by atoms with Crippen LogP contribution in [0.3, 0.4) is 0 Å². The molecule has 0 fully saturated rings. The van der Waals surface area contributed by atoms with E-state index < -0.39 is 5.69 Å². The van der Waals surface area contributed by atoms with Gasteiger partial charge in [0.1, 0.15) is 0 Å². The van der Waals surface area contributed by atoms with Crippen molar-refractivity contribution >= 4 is 24.0 Å². The van der Waals surface area contributed by atoms with Crippen molar-refractivity contribution in [3.8, 4) is 0 Å². The van der Waals surface area contributed by atoms with Gasteiger partial charge >= 0.3 is 141 Å². The molecule has 6 heteroatoms. The van der Waals surface area contributed by atoms with Gasteiger partial charge in [-0.05, 0) is 0 Å². The molecule has 0 saturated heterocycles. The number of ether oxygens (including phenoxy) is 1. The van der Waals surface area contributed by atoms with Crippen LogP contribution in [0.2, 0.25) is 0 Å². The third-order valence-corrected chi connectivity index (χ3v) is 5.53. The Morgan fingerprint density at radius 2 is 2.04 bits per heavy atom. The predicted molar refractivity (Wildman–Crippen MR) is 93.2 cm³/mol. The predicted octanol–water partition coefficient (Wildman–Crippen LogP) is 0.617. The molecule has 0 amide bonds. The molecule has 1 aromatic heterocycles. The first-order chi connectivity index (χ1) is 10.9. The number of aromatic amines is 1. The van der Waals surface area contributed by atoms with Gasteiger partial charge < -0.3 is 0 Å². The summed E-state index contributed by atoms with van der Waals surface area (Å²) in [6, 6.07) is 8.15. The van der Waals surface area contributed by atoms with Crippen LogP contribution in [0.25, 0.3) is 0 Å². The summed E-state index contributed by atoms with van der Waals surface area (Å²) in [6.07, 6.45) is 0. The van der Waals surface area contributed by atoms with E-state index in [9.17, 15) is 9.59 Å². The molecule has 0 aliphatic heterocycles. The van der Waals surface area contributed by atoms with Crippen LogP contribution in [-0.2, 0) is 11.5 Å². The number of hydrogen-bond donors (Lipinski definition) is 1. The molecule has 0 spiro atoms. The van der Waals surface area contributed by atoms with E-state index in [2.05, 4.69) is 11.1 Å². The number of hydrogen-bond acceptors (Lipinski definition) is 3. The fraction of sp³-hybridized carbons (Fsp3) is 0.412. The third kappa shape index (κ3) is 4.22. The van der Waals surface area contributed by atoms with Gasteiger partial charge in [0, 0.05) is 0 Å². The Morgan fingerprint density at radius 3 is 2.65 bits per heavy atom. The van der Waals surface area contributed by atoms with Crippen molar-refractivity contribution in [3.05, 3.63) is 56.2 Å². The second-order valence-electron chi connectivity index (χ2n) is 5.60. The number of H-pyrrole nitrogens is 1. The molecule has 0 aliphatic rings. The maximum absolute atomic E-state index is 12.7. The summed E-state index contributed by atoms with van der Waals surface area (Å²) >= 11 is -0.116. The van der Waals surface area contributed by atoms with Crippen molar-refractivity contribution in [1.29, 1.82) is 0 Å². The van der Waals surface area contributed by atoms with E-state index in [1.54, 1.807) is 0 Å². The Kier molecular flexibility index (Phi) is 5.99. The molecule has 2 aromatic rings. The molecule has 2 rings (SSSR count). The normalized spacial score (nSPS) is 11.2. The average Bonchev–Trinajstić information content (AvgIpc) is 2.46. The molecule has 1 heterocycles. The SMILES string of the molecule is CCOCn1c(=O)[nH]c([Se]c2cccc(C)c2)c(C(C)C)c1=O. The second kappa shape index (κ2) is 7.77. The van der Waals surface area contributed by atoms with Crippen LogP contribution in [-0.4, -0.2) is 31.1 Å². The standard InChI is InChI=1S/C17H22N2O3Se/c1-5-22-10-19-16(20)14(11(2)3)15(18-17(19)21)23-13-8-6-7-12(4)9-13/h6-9,11H,5,10H2,1-4H3,(H,18,21). The summed E-state index contributed by atoms with van der Waals surface area (Å²) in [6.45, 7) is 8.25. The molecule has 124 valence electrons. The Bertz CT molecular complexity index is 793. The fourth-order valence-electron chi connectivity index (χ4n) is 2.25. The molecule has 1 N–H and O–H groups in total. The summed E-state index contributed by atoms with van der Waals surface area (Å²) in [5.41, 5.74) is 1.19. The van der Waals surface area contributed by atoms with Crippen molar-refractivity contribution in [3.63, 3.8) is 0 Å². The Morgan fingerprint density at radius 1 is 1.30 bits per heavy atom. The first kappa shape index (κ1) is 17.7. The molecular weight excluding hydrogens is 359 g/mol. The number of aryl methyl sites for hydroxylation is 1. The molecule has 0 bridgehead atoms. The van der Waals surface area contributed by atoms with Gasteiger partial charge in [0.15, 0.2) is 0 Å². The van der Waals surface area contributed by atoms with Gasteiger partial charge in [-0.1, -0.05) is 0 Å². The first-order valence-corrected chi connectivity index (χ1v) is 9.34. The molecule has 23 heavy (non-hydrogen) atoms. The molecule has 5 nitrogen and oxygen atoms in total. The van der Waals surface area contributed by atoms with Crippen molar-refractivity contribution < 1.29 is 4.74 Å². The van der Waals surface area contributed by atoms with Crippen LogP contribution in [0.1, 0.15) is 37.8 Å². The van der Waals surface area contributed by atoms with Crippen LogP contribution < -0.4 is 20.3 Å². The van der Waals surface area contributed by atoms with E-state index in [1.807, 2.05) is 45.9 Å². The number of aromatic nitrogens is 2. The van der Waals surface area contributed by atoms with E-state index in [4.69, 9.17) is 4.74 Å². The molecule has 0 atom stereocenters. The number of nitrogens with one attached hydrogen (secondary N) is 1. The van der Waals surface area contributed by atoms with Crippen LogP contribution in [0.5, 0.6) is 0 Å². The molecule has 0 radical (unpaired) electrons. The summed E-state index contributed by atoms with van der Waals surface area (Å²) in [4.78, 5) is 27.8. The van der Waals surface area contributed by atoms with Gasteiger partial charge in [-0.2, -0.15) is 0 Å². The Hall–Kier alpha value is -1.62. The van der Waals surface area contributed by atoms with Gasteiger partial charge in [-0.25, -0.2) is 0 Å². The second-order valence-corrected chi connectivity index (χ2v) is 7.88. The van der Waals surface area contributed by atoms with E-state index >= 15 is 0 Å². The van der Waals surface area contributed by atoms with Gasteiger partial charge in [-0.3, -0.25) is 0 Å². The summed E-state index contributed by atoms with van der Waals surface area (Å²) in [5, 5.41) is 0. The maximum atomic E-state index is 12.7. The van der Waals surface area contributed by atoms with Crippen LogP contribution in [0.15, 0.2) is 33.9 Å². The Labute approximate surface area is 141 Å². The topological polar surface area (TPSA) is 64.1 Å². The zero-order valence-electron chi connectivity index (χ0n) is 13.9. The molecule has 0 unspecified atom stereocenters. The third-order valence-electron chi connectivity index (χ3n) is 3.40. The molecule has 1 aromatic carbocycles. The van der Waals surface area contributed by atoms with Gasteiger partial charge in [0.05, 0.1) is 0 Å². The summed E-state index contributed by atoms with van der Waals surface area (Å²) in [7, 11) is 0. The van der Waals surface area contributed by atoms with E-state index in [0.29, 0.717) is 12.2 Å². The van der Waals surface area contributed by atoms with Gasteiger partial charge in [-0.15, -0.1) is 0 Å². The average molecular weight is 381 g/mol. The van der Waals surface area contributed by atoms with Crippen LogP contribution >= 0.6 is 0 Å². The van der Waals surface area contributed by atoms with Gasteiger partial charge in [0.25, 0.3) is 0 Å². The zero-order valence-corrected chi connectivity index (χ0v) is 15.6. The molecular formula is C17H22N2O3Se. The van der Waals surface area contributed by atoms with Crippen molar-refractivity contribution in [2.75, 3.05) is 6.61 Å². The monoisotopic (exact) mass is 382 g/mol. The van der Waals surface area contributed by atoms with Crippen molar-refractivity contribution in [2.45, 2.75) is 40.3 Å². The molecule has 0 saturated carbocycles. The minimum atomic E-state index is -0.405. The Balaban J connectivity index is 2.51. The van der Waals surface area contributed by atoms with E-state index in [1.165, 1.54) is 5.56 Å². The zero-order chi connectivity index (χ0) is 17.0. The summed E-state index contributed by atoms with van der Waals surface area (Å²) < 4.78 is 8.26. The van der Waals surface area contributed by atoms with Crippen LogP contribution in [0.4, 0.5) is 0 Å². The first-order valence-electron chi connectivity index (χ1n) is 7.63. The fourth-order valence-corrected chi connectivity index (χ4v) is 4.77. The van der Waals surface area contributed by atoms with E-state index in [0.717, 1.165) is 13.6 Å². The quantitative estimate of drug-likeness (QED) is 0.747. The molecule has 0 aliphatic carbocycles. The van der Waals surface area contributed by atoms with Crippen LogP contribution in [0, 0.1) is 6.92 Å². The number of benzene rings is 1. The van der Waals surface area contributed by atoms with Crippen molar-refractivity contribution in [1.82, 2.24) is 9.55 Å².